The minimum atomic E-state index is -0.665. The number of hydrogen-bond acceptors (Lipinski definition) is 2. The monoisotopic (exact) mass is 131 g/mol. The van der Waals surface area contributed by atoms with Gasteiger partial charge in [-0.25, -0.2) is 0 Å². The Labute approximate surface area is 52.8 Å². The van der Waals surface area contributed by atoms with Crippen molar-refractivity contribution in [1.29, 1.82) is 0 Å². The minimum absolute atomic E-state index is 0.665. The molecule has 0 amide bonds. The number of nitrogens with zero attached hydrogens (tertiary/aromatic N) is 1. The van der Waals surface area contributed by atoms with Crippen molar-refractivity contribution >= 4 is 11.8 Å². The maximum Gasteiger partial charge on any atom is 0.160 e. The van der Waals surface area contributed by atoms with E-state index in [0.29, 0.717) is 0 Å². The molecule has 2 nitrogen and oxygen atoms in total. The topological polar surface area (TPSA) is 23.5 Å². The first kappa shape index (κ1) is 5.66. The highest BCUT2D eigenvalue weighted by Gasteiger charge is 2.05. The Bertz CT molecular complexity index is 116. The fourth-order valence-corrected chi connectivity index (χ4v) is 0.596. The summed E-state index contributed by atoms with van der Waals surface area (Å²) in [5, 5.41) is 8.83. The molecule has 0 aromatic heterocycles. The van der Waals surface area contributed by atoms with Gasteiger partial charge in [-0.05, 0) is 12.2 Å². The molecule has 1 atom stereocenters. The summed E-state index contributed by atoms with van der Waals surface area (Å²) in [6.45, 7) is 0. The van der Waals surface area contributed by atoms with E-state index in [1.807, 2.05) is 0 Å². The van der Waals surface area contributed by atoms with Crippen LogP contribution in [0.4, 0.5) is 0 Å². The molecule has 0 saturated carbocycles. The van der Waals surface area contributed by atoms with Crippen LogP contribution in [0.1, 0.15) is 0 Å². The molecule has 0 saturated heterocycles. The summed E-state index contributed by atoms with van der Waals surface area (Å²) >= 11 is 5.41. The van der Waals surface area contributed by atoms with Gasteiger partial charge in [-0.3, -0.25) is 4.42 Å². The van der Waals surface area contributed by atoms with Crippen LogP contribution in [0.25, 0.3) is 0 Å². The lowest BCUT2D eigenvalue weighted by Gasteiger charge is -2.16. The predicted molar refractivity (Wildman–Crippen MR) is 32.0 cm³/mol. The molecule has 1 aliphatic heterocycles. The third-order valence-electron chi connectivity index (χ3n) is 0.876. The van der Waals surface area contributed by atoms with E-state index in [1.165, 1.54) is 4.42 Å². The Kier molecular flexibility index (Phi) is 1.56. The highest BCUT2D eigenvalue weighted by molar-refractivity contribution is 6.14. The highest BCUT2D eigenvalue weighted by atomic mass is 35.5. The zero-order chi connectivity index (χ0) is 5.98. The number of halogens is 1. The van der Waals surface area contributed by atoms with E-state index in [-0.39, 0.29) is 0 Å². The summed E-state index contributed by atoms with van der Waals surface area (Å²) in [5.74, 6) is 0. The van der Waals surface area contributed by atoms with Crippen molar-refractivity contribution in [3.8, 4) is 0 Å². The van der Waals surface area contributed by atoms with Gasteiger partial charge in [0.2, 0.25) is 0 Å². The van der Waals surface area contributed by atoms with Crippen LogP contribution in [0.15, 0.2) is 24.4 Å². The molecule has 0 bridgehead atoms. The van der Waals surface area contributed by atoms with Gasteiger partial charge in [0.15, 0.2) is 6.23 Å². The molecule has 0 aliphatic carbocycles. The van der Waals surface area contributed by atoms with Crippen molar-refractivity contribution < 1.29 is 5.11 Å². The second kappa shape index (κ2) is 2.20. The third kappa shape index (κ3) is 1.02. The van der Waals surface area contributed by atoms with E-state index < -0.39 is 6.23 Å². The quantitative estimate of drug-likeness (QED) is 0.493. The molecular weight excluding hydrogens is 126 g/mol. The van der Waals surface area contributed by atoms with Crippen molar-refractivity contribution in [1.82, 2.24) is 4.42 Å². The molecule has 1 aliphatic rings. The lowest BCUT2D eigenvalue weighted by Crippen LogP contribution is -2.20. The third-order valence-corrected chi connectivity index (χ3v) is 1.19. The first-order chi connectivity index (χ1) is 3.80. The molecule has 8 heavy (non-hydrogen) atoms. The second-order valence-electron chi connectivity index (χ2n) is 1.48. The van der Waals surface area contributed by atoms with Crippen molar-refractivity contribution in [2.75, 3.05) is 0 Å². The van der Waals surface area contributed by atoms with Crippen molar-refractivity contribution in [2.45, 2.75) is 6.23 Å². The molecule has 44 valence electrons. The summed E-state index contributed by atoms with van der Waals surface area (Å²) < 4.78 is 1.19. The van der Waals surface area contributed by atoms with E-state index in [0.717, 1.165) is 0 Å². The SMILES string of the molecule is OC1C=CC=CN1Cl. The van der Waals surface area contributed by atoms with E-state index >= 15 is 0 Å². The first-order valence-electron chi connectivity index (χ1n) is 2.28. The van der Waals surface area contributed by atoms with Crippen LogP contribution in [0.5, 0.6) is 0 Å². The van der Waals surface area contributed by atoms with Gasteiger partial charge in [-0.1, -0.05) is 6.08 Å². The number of aliphatic hydroxyl groups excluding tert-OH is 1. The Balaban J connectivity index is 2.59. The van der Waals surface area contributed by atoms with E-state index in [1.54, 1.807) is 24.4 Å². The minimum Gasteiger partial charge on any atom is -0.369 e. The van der Waals surface area contributed by atoms with Crippen LogP contribution in [-0.4, -0.2) is 15.8 Å². The molecule has 0 spiro atoms. The smallest absolute Gasteiger partial charge is 0.160 e. The average Bonchev–Trinajstić information content (AvgIpc) is 1.77. The van der Waals surface area contributed by atoms with Crippen molar-refractivity contribution in [3.63, 3.8) is 0 Å². The van der Waals surface area contributed by atoms with Crippen LogP contribution in [-0.2, 0) is 0 Å². The number of hydrogen-bond donors (Lipinski definition) is 1. The predicted octanol–water partition coefficient (Wildman–Crippen LogP) is 0.844. The number of aliphatic hydroxyl groups is 1. The van der Waals surface area contributed by atoms with Gasteiger partial charge in [0.1, 0.15) is 0 Å². The number of allylic oxidation sites excluding steroid dienone is 2. The van der Waals surface area contributed by atoms with Crippen LogP contribution >= 0.6 is 11.8 Å². The molecule has 1 N–H and O–H groups in total. The molecule has 0 aromatic carbocycles. The molecule has 1 heterocycles. The van der Waals surface area contributed by atoms with Crippen LogP contribution in [0.3, 0.4) is 0 Å². The van der Waals surface area contributed by atoms with Gasteiger partial charge in [0, 0.05) is 18.0 Å². The average molecular weight is 132 g/mol. The fourth-order valence-electron chi connectivity index (χ4n) is 0.466. The standard InChI is InChI=1S/C5H6ClNO/c6-7-4-2-1-3-5(7)8/h1-5,8H. The summed E-state index contributed by atoms with van der Waals surface area (Å²) in [4.78, 5) is 0. The zero-order valence-corrected chi connectivity index (χ0v) is 4.92. The molecule has 3 heteroatoms. The summed E-state index contributed by atoms with van der Waals surface area (Å²) in [5.41, 5.74) is 0. The van der Waals surface area contributed by atoms with Gasteiger partial charge < -0.3 is 5.11 Å². The number of rotatable bonds is 0. The van der Waals surface area contributed by atoms with Crippen LogP contribution < -0.4 is 0 Å². The normalized spacial score (nSPS) is 26.8. The lowest BCUT2D eigenvalue weighted by molar-refractivity contribution is 0.137. The molecule has 0 aromatic rings. The molecule has 0 radical (unpaired) electrons. The molecule has 0 fully saturated rings. The van der Waals surface area contributed by atoms with Crippen LogP contribution in [0, 0.1) is 0 Å². The Morgan fingerprint density at radius 3 is 2.62 bits per heavy atom. The second-order valence-corrected chi connectivity index (χ2v) is 1.87. The summed E-state index contributed by atoms with van der Waals surface area (Å²) in [6, 6.07) is 0. The van der Waals surface area contributed by atoms with Gasteiger partial charge in [-0.15, -0.1) is 0 Å². The lowest BCUT2D eigenvalue weighted by atomic mass is 10.4. The molecule has 1 unspecified atom stereocenters. The van der Waals surface area contributed by atoms with Gasteiger partial charge in [0.25, 0.3) is 0 Å². The Morgan fingerprint density at radius 1 is 1.50 bits per heavy atom. The Morgan fingerprint density at radius 2 is 2.25 bits per heavy atom. The maximum absolute atomic E-state index is 8.83. The van der Waals surface area contributed by atoms with E-state index in [9.17, 15) is 0 Å². The molecule has 1 rings (SSSR count). The maximum atomic E-state index is 8.83. The summed E-state index contributed by atoms with van der Waals surface area (Å²) in [7, 11) is 0. The molecular formula is C5H6ClNO. The fraction of sp³-hybridized carbons (Fsp3) is 0.200. The highest BCUT2D eigenvalue weighted by Crippen LogP contribution is 2.06. The van der Waals surface area contributed by atoms with E-state index in [4.69, 9.17) is 16.9 Å². The summed E-state index contributed by atoms with van der Waals surface area (Å²) in [6.07, 6.45) is 6.00. The van der Waals surface area contributed by atoms with Gasteiger partial charge >= 0.3 is 0 Å². The zero-order valence-electron chi connectivity index (χ0n) is 4.16. The van der Waals surface area contributed by atoms with Gasteiger partial charge in [0.05, 0.1) is 0 Å². The van der Waals surface area contributed by atoms with E-state index in [2.05, 4.69) is 0 Å². The van der Waals surface area contributed by atoms with Crippen LogP contribution in [0.2, 0.25) is 0 Å². The first-order valence-corrected chi connectivity index (χ1v) is 2.62. The van der Waals surface area contributed by atoms with Crippen molar-refractivity contribution in [3.05, 3.63) is 24.4 Å². The largest absolute Gasteiger partial charge is 0.369 e. The van der Waals surface area contributed by atoms with Gasteiger partial charge in [-0.2, -0.15) is 0 Å². The Hall–Kier alpha value is -0.470. The van der Waals surface area contributed by atoms with Crippen molar-refractivity contribution in [2.24, 2.45) is 0 Å².